The fourth-order valence-electron chi connectivity index (χ4n) is 2.53. The maximum Gasteiger partial charge on any atom is 0.338 e. The zero-order chi connectivity index (χ0) is 14.5. The van der Waals surface area contributed by atoms with Crippen molar-refractivity contribution in [2.45, 2.75) is 39.3 Å². The Kier molecular flexibility index (Phi) is 5.01. The van der Waals surface area contributed by atoms with E-state index in [0.29, 0.717) is 24.3 Å². The molecule has 1 aromatic carbocycles. The van der Waals surface area contributed by atoms with E-state index in [-0.39, 0.29) is 5.97 Å². The van der Waals surface area contributed by atoms with Crippen molar-refractivity contribution in [1.29, 1.82) is 0 Å². The van der Waals surface area contributed by atoms with Gasteiger partial charge in [-0.15, -0.1) is 0 Å². The van der Waals surface area contributed by atoms with E-state index in [1.165, 1.54) is 0 Å². The molecule has 1 atom stereocenters. The largest absolute Gasteiger partial charge is 0.462 e. The van der Waals surface area contributed by atoms with Crippen molar-refractivity contribution in [3.8, 4) is 0 Å². The maximum absolute atomic E-state index is 11.6. The summed E-state index contributed by atoms with van der Waals surface area (Å²) in [4.78, 5) is 14.0. The number of nitrogens with one attached hydrogen (secondary N) is 1. The Hall–Kier alpha value is -1.55. The summed E-state index contributed by atoms with van der Waals surface area (Å²) in [5.41, 5.74) is 1.67. The highest BCUT2D eigenvalue weighted by Gasteiger charge is 2.23. The van der Waals surface area contributed by atoms with Gasteiger partial charge in [-0.25, -0.2) is 4.79 Å². The topological polar surface area (TPSA) is 41.6 Å². The Labute approximate surface area is 121 Å². The van der Waals surface area contributed by atoms with Gasteiger partial charge in [0, 0.05) is 30.9 Å². The summed E-state index contributed by atoms with van der Waals surface area (Å²) < 4.78 is 4.98. The third-order valence-corrected chi connectivity index (χ3v) is 3.72. The van der Waals surface area contributed by atoms with E-state index in [2.05, 4.69) is 24.1 Å². The molecule has 0 saturated carbocycles. The van der Waals surface area contributed by atoms with Gasteiger partial charge in [0.2, 0.25) is 0 Å². The fraction of sp³-hybridized carbons (Fsp3) is 0.562. The summed E-state index contributed by atoms with van der Waals surface area (Å²) in [5, 5.41) is 3.53. The van der Waals surface area contributed by atoms with Gasteiger partial charge in [-0.2, -0.15) is 0 Å². The molecule has 1 aromatic rings. The van der Waals surface area contributed by atoms with Gasteiger partial charge < -0.3 is 10.1 Å². The average Bonchev–Trinajstić information content (AvgIpc) is 2.88. The molecular formula is C16H24N2O2. The third-order valence-electron chi connectivity index (χ3n) is 3.72. The molecule has 20 heavy (non-hydrogen) atoms. The number of nitrogens with zero attached hydrogens (tertiary/aromatic N) is 1. The quantitative estimate of drug-likeness (QED) is 0.840. The summed E-state index contributed by atoms with van der Waals surface area (Å²) in [7, 11) is 0. The first-order chi connectivity index (χ1) is 9.60. The molecule has 1 unspecified atom stereocenters. The Morgan fingerprint density at radius 2 is 2.10 bits per heavy atom. The molecule has 1 N–H and O–H groups in total. The molecule has 2 rings (SSSR count). The molecule has 0 spiro atoms. The van der Waals surface area contributed by atoms with Crippen molar-refractivity contribution in [2.75, 3.05) is 25.0 Å². The van der Waals surface area contributed by atoms with Crippen LogP contribution in [0.4, 0.5) is 5.69 Å². The van der Waals surface area contributed by atoms with Crippen LogP contribution < -0.4 is 5.32 Å². The lowest BCUT2D eigenvalue weighted by molar-refractivity contribution is 0.0526. The summed E-state index contributed by atoms with van der Waals surface area (Å²) in [6.07, 6.45) is 1.16. The fourth-order valence-corrected chi connectivity index (χ4v) is 2.53. The average molecular weight is 276 g/mol. The molecule has 0 aromatic heterocycles. The number of carbonyl (C=O) groups is 1. The van der Waals surface area contributed by atoms with Crippen LogP contribution >= 0.6 is 0 Å². The van der Waals surface area contributed by atoms with E-state index in [9.17, 15) is 4.79 Å². The van der Waals surface area contributed by atoms with Gasteiger partial charge in [0.1, 0.15) is 0 Å². The normalized spacial score (nSPS) is 19.3. The minimum atomic E-state index is -0.258. The molecule has 1 aliphatic heterocycles. The summed E-state index contributed by atoms with van der Waals surface area (Å²) in [6.45, 7) is 8.92. The number of hydrogen-bond acceptors (Lipinski definition) is 4. The number of rotatable bonds is 5. The van der Waals surface area contributed by atoms with Crippen LogP contribution in [0.3, 0.4) is 0 Å². The lowest BCUT2D eigenvalue weighted by Gasteiger charge is -2.20. The van der Waals surface area contributed by atoms with Gasteiger partial charge in [-0.05, 0) is 51.5 Å². The van der Waals surface area contributed by atoms with Crippen LogP contribution in [0, 0.1) is 0 Å². The SMILES string of the molecule is CCOC(=O)c1ccc(NC2CCN(C(C)C)C2)cc1. The number of benzene rings is 1. The Bertz CT molecular complexity index is 442. The lowest BCUT2D eigenvalue weighted by Crippen LogP contribution is -2.31. The van der Waals surface area contributed by atoms with Gasteiger partial charge in [-0.1, -0.05) is 0 Å². The van der Waals surface area contributed by atoms with Gasteiger partial charge in [0.15, 0.2) is 0 Å². The van der Waals surface area contributed by atoms with E-state index in [1.807, 2.05) is 31.2 Å². The number of hydrogen-bond donors (Lipinski definition) is 1. The molecule has 0 radical (unpaired) electrons. The van der Waals surface area contributed by atoms with Crippen LogP contribution in [0.1, 0.15) is 37.6 Å². The molecule has 0 aliphatic carbocycles. The maximum atomic E-state index is 11.6. The van der Waals surface area contributed by atoms with Crippen LogP contribution in [0.15, 0.2) is 24.3 Å². The number of anilines is 1. The standard InChI is InChI=1S/C16H24N2O2/c1-4-20-16(19)13-5-7-14(8-6-13)17-15-9-10-18(11-15)12(2)3/h5-8,12,15,17H,4,9-11H2,1-3H3. The van der Waals surface area contributed by atoms with Gasteiger partial charge in [0.05, 0.1) is 12.2 Å². The second-order valence-electron chi connectivity index (χ2n) is 5.52. The first-order valence-corrected chi connectivity index (χ1v) is 7.38. The minimum absolute atomic E-state index is 0.258. The Morgan fingerprint density at radius 3 is 2.65 bits per heavy atom. The van der Waals surface area contributed by atoms with Gasteiger partial charge in [-0.3, -0.25) is 4.90 Å². The van der Waals surface area contributed by atoms with Crippen LogP contribution in [-0.4, -0.2) is 42.6 Å². The molecule has 1 aliphatic rings. The molecule has 110 valence electrons. The van der Waals surface area contributed by atoms with E-state index in [1.54, 1.807) is 0 Å². The first-order valence-electron chi connectivity index (χ1n) is 7.38. The molecule has 1 saturated heterocycles. The molecule has 1 fully saturated rings. The molecular weight excluding hydrogens is 252 g/mol. The third kappa shape index (κ3) is 3.73. The zero-order valence-corrected chi connectivity index (χ0v) is 12.6. The highest BCUT2D eigenvalue weighted by Crippen LogP contribution is 2.18. The predicted molar refractivity (Wildman–Crippen MR) is 81.1 cm³/mol. The van der Waals surface area contributed by atoms with Crippen molar-refractivity contribution < 1.29 is 9.53 Å². The predicted octanol–water partition coefficient (Wildman–Crippen LogP) is 2.76. The lowest BCUT2D eigenvalue weighted by atomic mass is 10.2. The minimum Gasteiger partial charge on any atom is -0.462 e. The van der Waals surface area contributed by atoms with Crippen molar-refractivity contribution in [2.24, 2.45) is 0 Å². The number of carbonyl (C=O) groups excluding carboxylic acids is 1. The monoisotopic (exact) mass is 276 g/mol. The Balaban J connectivity index is 1.90. The van der Waals surface area contributed by atoms with Crippen molar-refractivity contribution in [3.63, 3.8) is 0 Å². The summed E-state index contributed by atoms with van der Waals surface area (Å²) >= 11 is 0. The molecule has 4 nitrogen and oxygen atoms in total. The van der Waals surface area contributed by atoms with Crippen LogP contribution in [0.5, 0.6) is 0 Å². The second-order valence-corrected chi connectivity index (χ2v) is 5.52. The zero-order valence-electron chi connectivity index (χ0n) is 12.6. The van der Waals surface area contributed by atoms with Crippen molar-refractivity contribution >= 4 is 11.7 Å². The highest BCUT2D eigenvalue weighted by atomic mass is 16.5. The second kappa shape index (κ2) is 6.75. The van der Waals surface area contributed by atoms with E-state index in [4.69, 9.17) is 4.74 Å². The molecule has 4 heteroatoms. The van der Waals surface area contributed by atoms with Crippen LogP contribution in [0.25, 0.3) is 0 Å². The number of likely N-dealkylation sites (tertiary alicyclic amines) is 1. The number of esters is 1. The van der Waals surface area contributed by atoms with Crippen molar-refractivity contribution in [3.05, 3.63) is 29.8 Å². The Morgan fingerprint density at radius 1 is 1.40 bits per heavy atom. The highest BCUT2D eigenvalue weighted by molar-refractivity contribution is 5.89. The van der Waals surface area contributed by atoms with E-state index >= 15 is 0 Å². The first kappa shape index (κ1) is 14.9. The van der Waals surface area contributed by atoms with E-state index in [0.717, 1.165) is 25.2 Å². The summed E-state index contributed by atoms with van der Waals surface area (Å²) in [6, 6.07) is 8.62. The number of ether oxygens (including phenoxy) is 1. The summed E-state index contributed by atoms with van der Waals surface area (Å²) in [5.74, 6) is -0.258. The van der Waals surface area contributed by atoms with Crippen LogP contribution in [0.2, 0.25) is 0 Å². The van der Waals surface area contributed by atoms with Crippen molar-refractivity contribution in [1.82, 2.24) is 4.90 Å². The van der Waals surface area contributed by atoms with Gasteiger partial charge in [0.25, 0.3) is 0 Å². The molecule has 0 bridgehead atoms. The van der Waals surface area contributed by atoms with Gasteiger partial charge >= 0.3 is 5.97 Å². The van der Waals surface area contributed by atoms with E-state index < -0.39 is 0 Å². The molecule has 0 amide bonds. The van der Waals surface area contributed by atoms with Crippen LogP contribution in [-0.2, 0) is 4.74 Å². The molecule has 1 heterocycles. The smallest absolute Gasteiger partial charge is 0.338 e.